The molecule has 1 aromatic heterocycles. The molecule has 0 fully saturated rings. The number of aromatic hydroxyl groups is 1. The van der Waals surface area contributed by atoms with E-state index in [4.69, 9.17) is 23.2 Å². The third-order valence-electron chi connectivity index (χ3n) is 4.98. The fourth-order valence-corrected chi connectivity index (χ4v) is 4.13. The van der Waals surface area contributed by atoms with Crippen molar-refractivity contribution in [3.05, 3.63) is 62.8 Å². The third-order valence-corrected chi connectivity index (χ3v) is 5.83. The van der Waals surface area contributed by atoms with Gasteiger partial charge in [0.1, 0.15) is 5.75 Å². The molecule has 5 nitrogen and oxygen atoms in total. The van der Waals surface area contributed by atoms with E-state index in [0.29, 0.717) is 49.8 Å². The average molecular weight is 448 g/mol. The maximum atomic E-state index is 13.7. The van der Waals surface area contributed by atoms with Gasteiger partial charge in [0, 0.05) is 16.6 Å². The summed E-state index contributed by atoms with van der Waals surface area (Å²) in [4.78, 5) is 25.1. The van der Waals surface area contributed by atoms with Gasteiger partial charge in [-0.05, 0) is 60.2 Å². The summed E-state index contributed by atoms with van der Waals surface area (Å²) in [5, 5.41) is 20.5. The second kappa shape index (κ2) is 7.97. The van der Waals surface area contributed by atoms with Crippen molar-refractivity contribution < 1.29 is 19.8 Å². The summed E-state index contributed by atoms with van der Waals surface area (Å²) in [6.45, 7) is 7.84. The van der Waals surface area contributed by atoms with E-state index >= 15 is 0 Å². The van der Waals surface area contributed by atoms with Crippen LogP contribution in [0.3, 0.4) is 0 Å². The number of carboxylic acids is 1. The SMILES string of the molecule is Cc1c(CC(=O)O)c2cc(O)ccc2n1C(=O)c1ccc(Cl)c(Cl)c1CC(C)(C)C. The van der Waals surface area contributed by atoms with Crippen molar-refractivity contribution in [2.75, 3.05) is 0 Å². The Balaban J connectivity index is 2.28. The second-order valence-corrected chi connectivity index (χ2v) is 9.39. The zero-order valence-corrected chi connectivity index (χ0v) is 18.7. The van der Waals surface area contributed by atoms with Crippen molar-refractivity contribution in [2.45, 2.75) is 40.5 Å². The average Bonchev–Trinajstić information content (AvgIpc) is 2.88. The van der Waals surface area contributed by atoms with Crippen LogP contribution in [0.2, 0.25) is 10.0 Å². The van der Waals surface area contributed by atoms with Crippen LogP contribution in [-0.2, 0) is 17.6 Å². The van der Waals surface area contributed by atoms with E-state index in [0.717, 1.165) is 0 Å². The van der Waals surface area contributed by atoms with Gasteiger partial charge in [0.05, 0.1) is 22.0 Å². The highest BCUT2D eigenvalue weighted by Crippen LogP contribution is 2.36. The van der Waals surface area contributed by atoms with Gasteiger partial charge in [-0.15, -0.1) is 0 Å². The normalized spacial score (nSPS) is 11.8. The molecule has 3 rings (SSSR count). The van der Waals surface area contributed by atoms with Gasteiger partial charge < -0.3 is 10.2 Å². The molecule has 7 heteroatoms. The Morgan fingerprint density at radius 2 is 1.73 bits per heavy atom. The molecule has 0 amide bonds. The lowest BCUT2D eigenvalue weighted by Crippen LogP contribution is -2.19. The third kappa shape index (κ3) is 4.18. The first-order chi connectivity index (χ1) is 13.9. The van der Waals surface area contributed by atoms with E-state index in [1.807, 2.05) is 20.8 Å². The molecule has 0 bridgehead atoms. The minimum atomic E-state index is -1.02. The molecule has 0 radical (unpaired) electrons. The van der Waals surface area contributed by atoms with Gasteiger partial charge in [-0.2, -0.15) is 0 Å². The second-order valence-electron chi connectivity index (χ2n) is 8.60. The van der Waals surface area contributed by atoms with Crippen LogP contribution in [0.15, 0.2) is 30.3 Å². The number of carbonyl (C=O) groups excluding carboxylic acids is 1. The number of aromatic nitrogens is 1. The summed E-state index contributed by atoms with van der Waals surface area (Å²) in [5.74, 6) is -1.34. The number of hydrogen-bond acceptors (Lipinski definition) is 3. The van der Waals surface area contributed by atoms with Crippen LogP contribution in [0.4, 0.5) is 0 Å². The Morgan fingerprint density at radius 3 is 2.33 bits per heavy atom. The van der Waals surface area contributed by atoms with Crippen LogP contribution in [0.5, 0.6) is 5.75 Å². The molecule has 158 valence electrons. The standard InChI is InChI=1S/C23H23Cl2NO4/c1-12-15(10-20(28)29)16-9-13(27)5-8-19(16)26(12)22(30)14-6-7-18(24)21(25)17(14)11-23(2,3)4/h5-9,27H,10-11H2,1-4H3,(H,28,29). The Kier molecular flexibility index (Phi) is 5.89. The van der Waals surface area contributed by atoms with E-state index in [1.165, 1.54) is 16.7 Å². The first-order valence-corrected chi connectivity index (χ1v) is 10.2. The van der Waals surface area contributed by atoms with Gasteiger partial charge in [-0.1, -0.05) is 44.0 Å². The number of halogens is 2. The van der Waals surface area contributed by atoms with E-state index in [9.17, 15) is 19.8 Å². The summed E-state index contributed by atoms with van der Waals surface area (Å²) in [6, 6.07) is 7.81. The predicted octanol–water partition coefficient (Wildman–Crippen LogP) is 5.87. The Hall–Kier alpha value is -2.50. The number of carbonyl (C=O) groups is 2. The van der Waals surface area contributed by atoms with Gasteiger partial charge in [0.2, 0.25) is 0 Å². The Morgan fingerprint density at radius 1 is 1.07 bits per heavy atom. The van der Waals surface area contributed by atoms with E-state index in [2.05, 4.69) is 0 Å². The molecule has 0 aliphatic heterocycles. The topological polar surface area (TPSA) is 79.5 Å². The molecule has 0 aliphatic rings. The predicted molar refractivity (Wildman–Crippen MR) is 119 cm³/mol. The number of aliphatic carboxylic acids is 1. The van der Waals surface area contributed by atoms with Crippen molar-refractivity contribution in [1.29, 1.82) is 0 Å². The van der Waals surface area contributed by atoms with Crippen LogP contribution in [0.25, 0.3) is 10.9 Å². The minimum absolute atomic E-state index is 0.00157. The molecule has 0 spiro atoms. The zero-order valence-electron chi connectivity index (χ0n) is 17.2. The number of fused-ring (bicyclic) bond motifs is 1. The van der Waals surface area contributed by atoms with Crippen molar-refractivity contribution >= 4 is 46.0 Å². The number of carboxylic acid groups (broad SMARTS) is 1. The highest BCUT2D eigenvalue weighted by molar-refractivity contribution is 6.42. The number of benzene rings is 2. The van der Waals surface area contributed by atoms with Gasteiger partial charge >= 0.3 is 5.97 Å². The van der Waals surface area contributed by atoms with Gasteiger partial charge in [-0.3, -0.25) is 14.2 Å². The molecule has 0 atom stereocenters. The first kappa shape index (κ1) is 22.2. The largest absolute Gasteiger partial charge is 0.508 e. The molecular formula is C23H23Cl2NO4. The molecule has 1 heterocycles. The van der Waals surface area contributed by atoms with Crippen molar-refractivity contribution in [3.63, 3.8) is 0 Å². The summed E-state index contributed by atoms with van der Waals surface area (Å²) in [6.07, 6.45) is 0.275. The molecular weight excluding hydrogens is 425 g/mol. The maximum Gasteiger partial charge on any atom is 0.307 e. The van der Waals surface area contributed by atoms with Gasteiger partial charge in [0.15, 0.2) is 0 Å². The Bertz CT molecular complexity index is 1170. The lowest BCUT2D eigenvalue weighted by atomic mass is 9.86. The molecule has 2 aromatic carbocycles. The Labute approximate surface area is 184 Å². The zero-order chi connectivity index (χ0) is 22.4. The van der Waals surface area contributed by atoms with Crippen molar-refractivity contribution in [2.24, 2.45) is 5.41 Å². The first-order valence-electron chi connectivity index (χ1n) is 9.47. The smallest absolute Gasteiger partial charge is 0.307 e. The van der Waals surface area contributed by atoms with Gasteiger partial charge in [0.25, 0.3) is 5.91 Å². The van der Waals surface area contributed by atoms with Crippen LogP contribution in [0.1, 0.15) is 48.0 Å². The summed E-state index contributed by atoms with van der Waals surface area (Å²) in [7, 11) is 0. The number of hydrogen-bond donors (Lipinski definition) is 2. The molecule has 0 aliphatic carbocycles. The molecule has 3 aromatic rings. The number of phenolic OH excluding ortho intramolecular Hbond substituents is 1. The molecule has 0 saturated heterocycles. The lowest BCUT2D eigenvalue weighted by molar-refractivity contribution is -0.136. The minimum Gasteiger partial charge on any atom is -0.508 e. The molecule has 0 unspecified atom stereocenters. The van der Waals surface area contributed by atoms with Gasteiger partial charge in [-0.25, -0.2) is 0 Å². The summed E-state index contributed by atoms with van der Waals surface area (Å²) < 4.78 is 1.48. The number of nitrogens with zero attached hydrogens (tertiary/aromatic N) is 1. The van der Waals surface area contributed by atoms with Crippen LogP contribution >= 0.6 is 23.2 Å². The van der Waals surface area contributed by atoms with E-state index in [-0.39, 0.29) is 23.5 Å². The highest BCUT2D eigenvalue weighted by atomic mass is 35.5. The fraction of sp³-hybridized carbons (Fsp3) is 0.304. The number of rotatable bonds is 4. The summed E-state index contributed by atoms with van der Waals surface area (Å²) in [5.41, 5.74) is 2.45. The van der Waals surface area contributed by atoms with E-state index in [1.54, 1.807) is 25.1 Å². The highest BCUT2D eigenvalue weighted by Gasteiger charge is 2.26. The monoisotopic (exact) mass is 447 g/mol. The maximum absolute atomic E-state index is 13.7. The molecule has 30 heavy (non-hydrogen) atoms. The fourth-order valence-electron chi connectivity index (χ4n) is 3.72. The van der Waals surface area contributed by atoms with Crippen LogP contribution in [-0.4, -0.2) is 26.7 Å². The lowest BCUT2D eigenvalue weighted by Gasteiger charge is -2.22. The van der Waals surface area contributed by atoms with Crippen molar-refractivity contribution in [3.8, 4) is 5.75 Å². The van der Waals surface area contributed by atoms with E-state index < -0.39 is 5.97 Å². The molecule has 2 N–H and O–H groups in total. The quantitative estimate of drug-likeness (QED) is 0.524. The van der Waals surface area contributed by atoms with Crippen LogP contribution < -0.4 is 0 Å². The van der Waals surface area contributed by atoms with Crippen LogP contribution in [0, 0.1) is 12.3 Å². The van der Waals surface area contributed by atoms with Crippen molar-refractivity contribution in [1.82, 2.24) is 4.57 Å². The number of phenols is 1. The molecule has 0 saturated carbocycles. The summed E-state index contributed by atoms with van der Waals surface area (Å²) >= 11 is 12.7.